The van der Waals surface area contributed by atoms with E-state index in [1.165, 1.54) is 12.1 Å². The fourth-order valence-corrected chi connectivity index (χ4v) is 2.01. The van der Waals surface area contributed by atoms with Gasteiger partial charge in [0.25, 0.3) is 0 Å². The molecule has 0 aliphatic rings. The van der Waals surface area contributed by atoms with Crippen molar-refractivity contribution in [1.29, 1.82) is 0 Å². The van der Waals surface area contributed by atoms with E-state index in [2.05, 4.69) is 31.7 Å². The molecule has 0 amide bonds. The summed E-state index contributed by atoms with van der Waals surface area (Å²) in [7, 11) is 0. The van der Waals surface area contributed by atoms with Gasteiger partial charge >= 0.3 is 5.69 Å². The first-order chi connectivity index (χ1) is 9.51. The van der Waals surface area contributed by atoms with Crippen LogP contribution in [-0.2, 0) is 0 Å². The van der Waals surface area contributed by atoms with Gasteiger partial charge in [0.1, 0.15) is 5.82 Å². The van der Waals surface area contributed by atoms with Crippen LogP contribution in [0.5, 0.6) is 0 Å². The number of nitro groups is 1. The number of hydrogen-bond donors (Lipinski definition) is 3. The molecule has 1 heterocycles. The van der Waals surface area contributed by atoms with Crippen LogP contribution in [-0.4, -0.2) is 9.91 Å². The Balaban J connectivity index is 2.45. The summed E-state index contributed by atoms with van der Waals surface area (Å²) in [5.41, 5.74) is 2.72. The molecule has 4 N–H and O–H groups in total. The van der Waals surface area contributed by atoms with E-state index < -0.39 is 4.92 Å². The number of pyridine rings is 1. The van der Waals surface area contributed by atoms with E-state index in [-0.39, 0.29) is 11.5 Å². The molecule has 7 nitrogen and oxygen atoms in total. The minimum Gasteiger partial charge on any atom is -0.333 e. The lowest BCUT2D eigenvalue weighted by Gasteiger charge is -2.10. The summed E-state index contributed by atoms with van der Waals surface area (Å²) < 4.78 is 0.698. The predicted molar refractivity (Wildman–Crippen MR) is 81.1 cm³/mol. The third-order valence-electron chi connectivity index (χ3n) is 2.40. The fourth-order valence-electron chi connectivity index (χ4n) is 1.49. The van der Waals surface area contributed by atoms with E-state index in [0.717, 1.165) is 0 Å². The zero-order valence-electron chi connectivity index (χ0n) is 9.93. The van der Waals surface area contributed by atoms with E-state index >= 15 is 0 Å². The lowest BCUT2D eigenvalue weighted by atomic mass is 10.3. The maximum Gasteiger partial charge on any atom is 0.311 e. The highest BCUT2D eigenvalue weighted by molar-refractivity contribution is 9.10. The normalized spacial score (nSPS) is 10.2. The quantitative estimate of drug-likeness (QED) is 0.439. The molecule has 0 atom stereocenters. The number of rotatable bonds is 4. The van der Waals surface area contributed by atoms with E-state index in [0.29, 0.717) is 21.0 Å². The molecule has 0 bridgehead atoms. The average molecular weight is 359 g/mol. The zero-order valence-corrected chi connectivity index (χ0v) is 12.3. The predicted octanol–water partition coefficient (Wildman–Crippen LogP) is 3.43. The third-order valence-corrected chi connectivity index (χ3v) is 3.33. The molecule has 0 saturated heterocycles. The number of anilines is 3. The van der Waals surface area contributed by atoms with Crippen LogP contribution < -0.4 is 16.6 Å². The molecule has 0 fully saturated rings. The summed E-state index contributed by atoms with van der Waals surface area (Å²) in [6, 6.07) is 7.76. The van der Waals surface area contributed by atoms with Gasteiger partial charge in [0.2, 0.25) is 5.82 Å². The summed E-state index contributed by atoms with van der Waals surface area (Å²) in [6.07, 6.45) is 0. The number of hydrazine groups is 1. The van der Waals surface area contributed by atoms with Gasteiger partial charge in [-0.2, -0.15) is 0 Å². The number of halogens is 2. The van der Waals surface area contributed by atoms with Gasteiger partial charge in [-0.25, -0.2) is 10.8 Å². The molecule has 0 aliphatic carbocycles. The molecule has 2 aromatic rings. The molecule has 0 aliphatic heterocycles. The Morgan fingerprint density at radius 2 is 2.10 bits per heavy atom. The first-order valence-corrected chi connectivity index (χ1v) is 6.52. The lowest BCUT2D eigenvalue weighted by Crippen LogP contribution is -2.10. The first kappa shape index (κ1) is 14.5. The van der Waals surface area contributed by atoms with Crippen LogP contribution in [0.25, 0.3) is 0 Å². The molecule has 1 aromatic heterocycles. The molecular formula is C11H9BrClN5O2. The molecule has 0 spiro atoms. The van der Waals surface area contributed by atoms with Crippen molar-refractivity contribution >= 4 is 50.5 Å². The second-order valence-electron chi connectivity index (χ2n) is 3.71. The molecule has 2 rings (SSSR count). The van der Waals surface area contributed by atoms with Gasteiger partial charge < -0.3 is 10.7 Å². The largest absolute Gasteiger partial charge is 0.333 e. The maximum absolute atomic E-state index is 11.0. The van der Waals surface area contributed by atoms with Crippen molar-refractivity contribution in [2.24, 2.45) is 5.84 Å². The number of hydrogen-bond acceptors (Lipinski definition) is 6. The Morgan fingerprint density at radius 1 is 1.35 bits per heavy atom. The fraction of sp³-hybridized carbons (Fsp3) is 0. The molecule has 0 radical (unpaired) electrons. The Kier molecular flexibility index (Phi) is 4.38. The van der Waals surface area contributed by atoms with E-state index in [4.69, 9.17) is 17.4 Å². The number of benzene rings is 1. The van der Waals surface area contributed by atoms with E-state index in [1.54, 1.807) is 18.2 Å². The smallest absolute Gasteiger partial charge is 0.311 e. The highest BCUT2D eigenvalue weighted by atomic mass is 79.9. The second-order valence-corrected chi connectivity index (χ2v) is 5.01. The van der Waals surface area contributed by atoms with Crippen molar-refractivity contribution in [2.75, 3.05) is 10.7 Å². The molecule has 20 heavy (non-hydrogen) atoms. The van der Waals surface area contributed by atoms with Gasteiger partial charge in [-0.05, 0) is 40.2 Å². The van der Waals surface area contributed by atoms with Crippen molar-refractivity contribution in [2.45, 2.75) is 0 Å². The molecule has 9 heteroatoms. The summed E-state index contributed by atoms with van der Waals surface area (Å²) >= 11 is 9.22. The van der Waals surface area contributed by atoms with Crippen molar-refractivity contribution < 1.29 is 4.92 Å². The van der Waals surface area contributed by atoms with Crippen LogP contribution in [0, 0.1) is 10.1 Å². The Bertz CT molecular complexity index is 667. The summed E-state index contributed by atoms with van der Waals surface area (Å²) in [5.74, 6) is 5.62. The van der Waals surface area contributed by atoms with Crippen LogP contribution >= 0.6 is 27.5 Å². The standard InChI is InChI=1S/C11H9BrClN5O2/c12-7-2-1-6(13)5-8(7)15-11-9(18(19)20)3-4-10(16-11)17-14/h1-5H,14H2,(H2,15,16,17). The first-order valence-electron chi connectivity index (χ1n) is 5.35. The van der Waals surface area contributed by atoms with Gasteiger partial charge in [-0.3, -0.25) is 10.1 Å². The van der Waals surface area contributed by atoms with Crippen LogP contribution in [0.3, 0.4) is 0 Å². The SMILES string of the molecule is NNc1ccc([N+](=O)[O-])c(Nc2cc(Cl)ccc2Br)n1. The summed E-state index contributed by atoms with van der Waals surface area (Å²) in [6.45, 7) is 0. The van der Waals surface area contributed by atoms with Crippen molar-refractivity contribution in [3.8, 4) is 0 Å². The minimum absolute atomic E-state index is 0.0633. The molecule has 104 valence electrons. The van der Waals surface area contributed by atoms with E-state index in [1.807, 2.05) is 0 Å². The topological polar surface area (TPSA) is 106 Å². The van der Waals surface area contributed by atoms with Crippen LogP contribution in [0.1, 0.15) is 0 Å². The van der Waals surface area contributed by atoms with Crippen LogP contribution in [0.15, 0.2) is 34.8 Å². The summed E-state index contributed by atoms with van der Waals surface area (Å²) in [5, 5.41) is 14.3. The Labute approximate surface area is 127 Å². The third kappa shape index (κ3) is 3.16. The van der Waals surface area contributed by atoms with Crippen molar-refractivity contribution in [1.82, 2.24) is 4.98 Å². The zero-order chi connectivity index (χ0) is 14.7. The van der Waals surface area contributed by atoms with Gasteiger partial charge in [0.05, 0.1) is 10.6 Å². The molecular weight excluding hydrogens is 350 g/mol. The van der Waals surface area contributed by atoms with Crippen LogP contribution in [0.4, 0.5) is 23.0 Å². The molecule has 1 aromatic carbocycles. The van der Waals surface area contributed by atoms with Gasteiger partial charge in [0, 0.05) is 15.6 Å². The Morgan fingerprint density at radius 3 is 2.75 bits per heavy atom. The number of nitrogens with zero attached hydrogens (tertiary/aromatic N) is 2. The molecule has 0 saturated carbocycles. The highest BCUT2D eigenvalue weighted by Crippen LogP contribution is 2.32. The highest BCUT2D eigenvalue weighted by Gasteiger charge is 2.17. The second kappa shape index (κ2) is 6.04. The maximum atomic E-state index is 11.0. The number of aromatic nitrogens is 1. The van der Waals surface area contributed by atoms with Gasteiger partial charge in [0.15, 0.2) is 0 Å². The van der Waals surface area contributed by atoms with E-state index in [9.17, 15) is 10.1 Å². The minimum atomic E-state index is -0.534. The number of nitrogens with two attached hydrogens (primary N) is 1. The summed E-state index contributed by atoms with van der Waals surface area (Å²) in [4.78, 5) is 14.5. The van der Waals surface area contributed by atoms with Crippen molar-refractivity contribution in [3.05, 3.63) is 49.9 Å². The Hall–Kier alpha value is -1.90. The van der Waals surface area contributed by atoms with Crippen LogP contribution in [0.2, 0.25) is 5.02 Å². The van der Waals surface area contributed by atoms with Crippen molar-refractivity contribution in [3.63, 3.8) is 0 Å². The number of nitrogens with one attached hydrogen (secondary N) is 2. The van der Waals surface area contributed by atoms with Gasteiger partial charge in [-0.1, -0.05) is 11.6 Å². The number of nitrogen functional groups attached to an aromatic ring is 1. The molecule has 0 unspecified atom stereocenters. The monoisotopic (exact) mass is 357 g/mol. The average Bonchev–Trinajstić information content (AvgIpc) is 2.42. The lowest BCUT2D eigenvalue weighted by molar-refractivity contribution is -0.384. The van der Waals surface area contributed by atoms with Gasteiger partial charge in [-0.15, -0.1) is 0 Å².